The first-order valence-corrected chi connectivity index (χ1v) is 8.75. The van der Waals surface area contributed by atoms with Crippen LogP contribution in [0.3, 0.4) is 0 Å². The minimum absolute atomic E-state index is 0.328. The Kier molecular flexibility index (Phi) is 3.57. The molecule has 0 N–H and O–H groups in total. The molecule has 2 aliphatic rings. The second-order valence-electron chi connectivity index (χ2n) is 6.96. The predicted octanol–water partition coefficient (Wildman–Crippen LogP) is 5.33. The van der Waals surface area contributed by atoms with Crippen LogP contribution in [0.15, 0.2) is 41.6 Å². The van der Waals surface area contributed by atoms with Gasteiger partial charge in [-0.1, -0.05) is 11.6 Å². The third-order valence-electron chi connectivity index (χ3n) is 5.13. The van der Waals surface area contributed by atoms with Crippen LogP contribution in [0.1, 0.15) is 36.4 Å². The summed E-state index contributed by atoms with van der Waals surface area (Å²) in [6.07, 6.45) is 1.73. The van der Waals surface area contributed by atoms with E-state index in [1.165, 1.54) is 18.2 Å². The van der Waals surface area contributed by atoms with Crippen LogP contribution in [0.4, 0.5) is 13.0 Å². The summed E-state index contributed by atoms with van der Waals surface area (Å²) in [5.41, 5.74) is 4.10. The van der Waals surface area contributed by atoms with Crippen LogP contribution in [0.25, 0.3) is 5.57 Å². The van der Waals surface area contributed by atoms with E-state index in [1.807, 2.05) is 0 Å². The summed E-state index contributed by atoms with van der Waals surface area (Å²) in [6, 6.07) is 5.77. The van der Waals surface area contributed by atoms with Gasteiger partial charge in [0.25, 0.3) is 0 Å². The van der Waals surface area contributed by atoms with E-state index in [0.717, 1.165) is 8.96 Å². The van der Waals surface area contributed by atoms with Gasteiger partial charge in [0.05, 0.1) is 5.57 Å². The van der Waals surface area contributed by atoms with Crippen molar-refractivity contribution in [3.63, 3.8) is 0 Å². The molecule has 2 nitrogen and oxygen atoms in total. The summed E-state index contributed by atoms with van der Waals surface area (Å²) in [5.74, 6) is -0.459. The topological polar surface area (TPSA) is 7.94 Å². The molecule has 2 aromatic rings. The van der Waals surface area contributed by atoms with Crippen molar-refractivity contribution < 1.29 is 17.5 Å². The molecule has 0 radical (unpaired) electrons. The molecule has 0 amide bonds. The highest BCUT2D eigenvalue weighted by atomic mass is 35.5. The van der Waals surface area contributed by atoms with Crippen LogP contribution < -0.4 is 0 Å². The average Bonchev–Trinajstić information content (AvgIpc) is 3.00. The van der Waals surface area contributed by atoms with Crippen LogP contribution >= 0.6 is 11.6 Å². The summed E-state index contributed by atoms with van der Waals surface area (Å²) >= 11 is 6.36. The number of rotatable bonds is 1. The van der Waals surface area contributed by atoms with Crippen molar-refractivity contribution in [2.24, 2.45) is 0 Å². The minimum Gasteiger partial charge on any atom is -0.393 e. The number of hydrogen-bond donors (Lipinski definition) is 0. The highest BCUT2D eigenvalue weighted by Crippen LogP contribution is 2.45. The Morgan fingerprint density at radius 1 is 1.08 bits per heavy atom. The van der Waals surface area contributed by atoms with E-state index in [4.69, 9.17) is 11.6 Å². The van der Waals surface area contributed by atoms with E-state index in [0.29, 0.717) is 50.1 Å². The molecular formula is C19H17BClF3N2. The quantitative estimate of drug-likeness (QED) is 0.595. The van der Waals surface area contributed by atoms with Gasteiger partial charge in [-0.25, -0.2) is 4.39 Å². The lowest BCUT2D eigenvalue weighted by Gasteiger charge is -2.34. The van der Waals surface area contributed by atoms with Crippen molar-refractivity contribution in [2.45, 2.75) is 27.7 Å². The molecular weight excluding hydrogens is 359 g/mol. The van der Waals surface area contributed by atoms with E-state index in [-0.39, 0.29) is 0 Å². The number of fused-ring (bicyclic) bond motifs is 2. The maximum Gasteiger partial charge on any atom is 0.737 e. The summed E-state index contributed by atoms with van der Waals surface area (Å²) in [7, 11) is 0. The molecule has 0 atom stereocenters. The Morgan fingerprint density at radius 2 is 1.77 bits per heavy atom. The largest absolute Gasteiger partial charge is 0.737 e. The molecule has 0 spiro atoms. The Bertz CT molecular complexity index is 1080. The van der Waals surface area contributed by atoms with Crippen LogP contribution in [-0.4, -0.2) is 21.6 Å². The standard InChI is InChI=1S/C19H17BClF3N2/c1-10-7-12(3)25-18(10)17(15-9-14(22)5-6-16(15)21)19-11(2)8-13(4)26(19)20(25,23)24/h5-9H,1-4H3. The van der Waals surface area contributed by atoms with Crippen molar-refractivity contribution >= 4 is 29.9 Å². The van der Waals surface area contributed by atoms with E-state index < -0.39 is 12.8 Å². The Balaban J connectivity index is 2.22. The predicted molar refractivity (Wildman–Crippen MR) is 99.4 cm³/mol. The Labute approximate surface area is 155 Å². The second kappa shape index (κ2) is 5.40. The monoisotopic (exact) mass is 376 g/mol. The van der Waals surface area contributed by atoms with Crippen molar-refractivity contribution in [1.29, 1.82) is 0 Å². The van der Waals surface area contributed by atoms with Gasteiger partial charge in [0.2, 0.25) is 0 Å². The summed E-state index contributed by atoms with van der Waals surface area (Å²) in [5, 5.41) is 0.328. The lowest BCUT2D eigenvalue weighted by atomic mass is 9.84. The van der Waals surface area contributed by atoms with Crippen LogP contribution in [0.5, 0.6) is 0 Å². The lowest BCUT2D eigenvalue weighted by molar-refractivity contribution is -0.363. The first-order chi connectivity index (χ1) is 12.1. The fourth-order valence-corrected chi connectivity index (χ4v) is 4.45. The first kappa shape index (κ1) is 17.2. The first-order valence-electron chi connectivity index (χ1n) is 8.37. The highest BCUT2D eigenvalue weighted by Gasteiger charge is 2.55. The molecule has 7 heteroatoms. The molecule has 0 bridgehead atoms. The van der Waals surface area contributed by atoms with Gasteiger partial charge in [-0.3, -0.25) is 0 Å². The zero-order chi connectivity index (χ0) is 19.0. The lowest BCUT2D eigenvalue weighted by Crippen LogP contribution is -2.51. The summed E-state index contributed by atoms with van der Waals surface area (Å²) < 4.78 is 47.1. The van der Waals surface area contributed by atoms with E-state index in [9.17, 15) is 4.39 Å². The molecule has 0 unspecified atom stereocenters. The number of nitrogens with zero attached hydrogens (tertiary/aromatic N) is 2. The van der Waals surface area contributed by atoms with Gasteiger partial charge in [-0.15, -0.1) is 0 Å². The van der Waals surface area contributed by atoms with Gasteiger partial charge >= 0.3 is 6.97 Å². The van der Waals surface area contributed by atoms with E-state index >= 15 is 8.63 Å². The highest BCUT2D eigenvalue weighted by molar-refractivity contribution is 6.58. The van der Waals surface area contributed by atoms with Crippen LogP contribution in [0, 0.1) is 19.7 Å². The molecule has 0 fully saturated rings. The van der Waals surface area contributed by atoms with Crippen molar-refractivity contribution in [2.75, 3.05) is 0 Å². The van der Waals surface area contributed by atoms with Gasteiger partial charge in [0.1, 0.15) is 11.5 Å². The van der Waals surface area contributed by atoms with Crippen molar-refractivity contribution in [3.05, 3.63) is 75.0 Å². The molecule has 1 aromatic heterocycles. The average molecular weight is 377 g/mol. The molecule has 0 aliphatic carbocycles. The van der Waals surface area contributed by atoms with E-state index in [1.54, 1.807) is 39.8 Å². The molecule has 134 valence electrons. The Hall–Kier alpha value is -2.21. The minimum atomic E-state index is -4.05. The molecule has 4 rings (SSSR count). The fraction of sp³-hybridized carbons (Fsp3) is 0.211. The maximum absolute atomic E-state index is 15.5. The smallest absolute Gasteiger partial charge is 0.393 e. The maximum atomic E-state index is 15.5. The van der Waals surface area contributed by atoms with Gasteiger partial charge < -0.3 is 17.6 Å². The number of allylic oxidation sites excluding steroid dienone is 2. The van der Waals surface area contributed by atoms with Gasteiger partial charge in [-0.05, 0) is 56.3 Å². The molecule has 1 aromatic carbocycles. The Morgan fingerprint density at radius 3 is 2.46 bits per heavy atom. The number of benzene rings is 1. The molecule has 0 saturated carbocycles. The normalized spacial score (nSPS) is 18.2. The molecule has 2 aliphatic heterocycles. The molecule has 3 heterocycles. The zero-order valence-corrected chi connectivity index (χ0v) is 15.6. The third-order valence-corrected chi connectivity index (χ3v) is 5.46. The summed E-state index contributed by atoms with van der Waals surface area (Å²) in [4.78, 5) is 0. The molecule has 26 heavy (non-hydrogen) atoms. The number of halogens is 4. The second-order valence-corrected chi connectivity index (χ2v) is 7.37. The van der Waals surface area contributed by atoms with Gasteiger partial charge in [0, 0.05) is 34.9 Å². The number of hydrogen-bond acceptors (Lipinski definition) is 0. The zero-order valence-electron chi connectivity index (χ0n) is 14.9. The van der Waals surface area contributed by atoms with Crippen molar-refractivity contribution in [3.8, 4) is 0 Å². The molecule has 0 saturated heterocycles. The van der Waals surface area contributed by atoms with Crippen molar-refractivity contribution in [1.82, 2.24) is 4.48 Å². The van der Waals surface area contributed by atoms with Crippen LogP contribution in [0.2, 0.25) is 5.02 Å². The SMILES string of the molecule is CC1=CC(C)=[N+]2C1=C(c1cc(F)ccc1Cl)c1c(C)cc(C)n1[B-]2(F)F. The number of aromatic nitrogens is 1. The number of aryl methyl sites for hydroxylation is 2. The third kappa shape index (κ3) is 2.11. The van der Waals surface area contributed by atoms with Gasteiger partial charge in [-0.2, -0.15) is 0 Å². The van der Waals surface area contributed by atoms with E-state index in [2.05, 4.69) is 0 Å². The van der Waals surface area contributed by atoms with Gasteiger partial charge in [0.15, 0.2) is 5.70 Å². The fourth-order valence-electron chi connectivity index (χ4n) is 4.24. The summed E-state index contributed by atoms with van der Waals surface area (Å²) in [6.45, 7) is 2.86. The van der Waals surface area contributed by atoms with Crippen LogP contribution in [-0.2, 0) is 0 Å².